The van der Waals surface area contributed by atoms with Crippen molar-refractivity contribution in [1.29, 1.82) is 0 Å². The van der Waals surface area contributed by atoms with Crippen LogP contribution in [-0.2, 0) is 17.9 Å². The molecule has 0 bridgehead atoms. The molecule has 0 saturated heterocycles. The van der Waals surface area contributed by atoms with Gasteiger partial charge in [0.1, 0.15) is 12.3 Å². The number of carbonyl (C=O) groups excluding carboxylic acids is 1. The Hall–Kier alpha value is -3.98. The number of hydrogen-bond acceptors (Lipinski definition) is 5. The molecule has 4 rings (SSSR count). The Morgan fingerprint density at radius 1 is 1.06 bits per heavy atom. The van der Waals surface area contributed by atoms with Crippen LogP contribution >= 0.6 is 12.2 Å². The van der Waals surface area contributed by atoms with Gasteiger partial charge in [0.15, 0.2) is 5.69 Å². The number of furan rings is 1. The van der Waals surface area contributed by atoms with Crippen LogP contribution in [0.3, 0.4) is 0 Å². The number of nitrogens with one attached hydrogen (secondary N) is 2. The maximum absolute atomic E-state index is 12.5. The maximum atomic E-state index is 12.5. The van der Waals surface area contributed by atoms with E-state index >= 15 is 0 Å². The summed E-state index contributed by atoms with van der Waals surface area (Å²) in [6.45, 7) is 0.288. The van der Waals surface area contributed by atoms with Crippen molar-refractivity contribution in [3.63, 3.8) is 0 Å². The third-order valence-electron chi connectivity index (χ3n) is 4.51. The molecule has 0 atom stereocenters. The van der Waals surface area contributed by atoms with Crippen LogP contribution in [0.5, 0.6) is 5.88 Å². The van der Waals surface area contributed by atoms with Gasteiger partial charge in [0.2, 0.25) is 16.9 Å². The van der Waals surface area contributed by atoms with Crippen molar-refractivity contribution in [3.8, 4) is 5.88 Å². The third kappa shape index (κ3) is 4.78. The standard InChI is InChI=1S/C22H19N5O3S/c28-19(24-15-7-2-1-3-8-15)14-27-18-11-5-4-10-17(18)20(21(27)29)25-26-22(31)23-13-16-9-6-12-30-16/h1-12,29H,13-14H2,(H,23,31)(H,24,28). The Balaban J connectivity index is 1.53. The highest BCUT2D eigenvalue weighted by molar-refractivity contribution is 7.80. The van der Waals surface area contributed by atoms with Crippen LogP contribution in [0.1, 0.15) is 5.76 Å². The number of aromatic nitrogens is 1. The molecule has 9 heteroatoms. The van der Waals surface area contributed by atoms with Gasteiger partial charge < -0.3 is 24.7 Å². The molecule has 0 spiro atoms. The monoisotopic (exact) mass is 433 g/mol. The predicted molar refractivity (Wildman–Crippen MR) is 121 cm³/mol. The first-order valence-corrected chi connectivity index (χ1v) is 9.89. The molecule has 4 aromatic rings. The molecule has 156 valence electrons. The van der Waals surface area contributed by atoms with Gasteiger partial charge in [0.25, 0.3) is 0 Å². The predicted octanol–water partition coefficient (Wildman–Crippen LogP) is 4.74. The van der Waals surface area contributed by atoms with Gasteiger partial charge in [0, 0.05) is 11.1 Å². The van der Waals surface area contributed by atoms with Gasteiger partial charge in [-0.25, -0.2) is 0 Å². The number of thiocarbonyl (C=S) groups is 1. The average Bonchev–Trinajstić information content (AvgIpc) is 3.39. The van der Waals surface area contributed by atoms with E-state index < -0.39 is 0 Å². The van der Waals surface area contributed by atoms with Gasteiger partial charge in [-0.2, -0.15) is 0 Å². The topological polar surface area (TPSA) is 104 Å². The summed E-state index contributed by atoms with van der Waals surface area (Å²) in [6.07, 6.45) is 1.57. The lowest BCUT2D eigenvalue weighted by Gasteiger charge is -2.08. The number of anilines is 1. The lowest BCUT2D eigenvalue weighted by Crippen LogP contribution is -2.18. The molecule has 0 aliphatic carbocycles. The quantitative estimate of drug-likeness (QED) is 0.301. The number of benzene rings is 2. The molecule has 2 heterocycles. The fourth-order valence-electron chi connectivity index (χ4n) is 3.10. The highest BCUT2D eigenvalue weighted by Crippen LogP contribution is 2.38. The number of nitrogens with zero attached hydrogens (tertiary/aromatic N) is 3. The number of fused-ring (bicyclic) bond motifs is 1. The summed E-state index contributed by atoms with van der Waals surface area (Å²) in [7, 11) is 0. The van der Waals surface area contributed by atoms with Crippen LogP contribution in [0.15, 0.2) is 87.6 Å². The SMILES string of the molecule is O=C(Cn1c(O)c(N=NC(=S)NCc2ccco2)c2ccccc21)Nc1ccccc1. The van der Waals surface area contributed by atoms with Crippen LogP contribution < -0.4 is 10.6 Å². The van der Waals surface area contributed by atoms with Crippen molar-refractivity contribution in [2.75, 3.05) is 5.32 Å². The zero-order valence-electron chi connectivity index (χ0n) is 16.4. The van der Waals surface area contributed by atoms with E-state index in [2.05, 4.69) is 20.9 Å². The first kappa shape index (κ1) is 20.3. The molecule has 0 aliphatic rings. The number of azo groups is 1. The van der Waals surface area contributed by atoms with E-state index in [0.29, 0.717) is 28.9 Å². The van der Waals surface area contributed by atoms with E-state index in [0.717, 1.165) is 0 Å². The largest absolute Gasteiger partial charge is 0.493 e. The van der Waals surface area contributed by atoms with E-state index in [1.807, 2.05) is 36.4 Å². The van der Waals surface area contributed by atoms with E-state index in [9.17, 15) is 9.90 Å². The number of carbonyl (C=O) groups is 1. The molecule has 2 aromatic heterocycles. The number of hydrogen-bond donors (Lipinski definition) is 3. The zero-order valence-corrected chi connectivity index (χ0v) is 17.2. The van der Waals surface area contributed by atoms with Gasteiger partial charge in [-0.15, -0.1) is 10.2 Å². The van der Waals surface area contributed by atoms with Gasteiger partial charge in [0.05, 0.1) is 18.3 Å². The van der Waals surface area contributed by atoms with Gasteiger partial charge in [-0.1, -0.05) is 36.4 Å². The highest BCUT2D eigenvalue weighted by atomic mass is 32.1. The Kier molecular flexibility index (Phi) is 6.04. The second-order valence-electron chi connectivity index (χ2n) is 6.63. The Morgan fingerprint density at radius 2 is 1.84 bits per heavy atom. The van der Waals surface area contributed by atoms with Crippen LogP contribution in [0.4, 0.5) is 11.4 Å². The van der Waals surface area contributed by atoms with Crippen LogP contribution in [-0.4, -0.2) is 20.7 Å². The molecule has 3 N–H and O–H groups in total. The molecular formula is C22H19N5O3S. The summed E-state index contributed by atoms with van der Waals surface area (Å²) in [5.74, 6) is 0.268. The summed E-state index contributed by atoms with van der Waals surface area (Å²) >= 11 is 5.18. The van der Waals surface area contributed by atoms with E-state index in [4.69, 9.17) is 16.6 Å². The minimum Gasteiger partial charge on any atom is -0.493 e. The molecular weight excluding hydrogens is 414 g/mol. The molecule has 0 aliphatic heterocycles. The van der Waals surface area contributed by atoms with Crippen molar-refractivity contribution < 1.29 is 14.3 Å². The second-order valence-corrected chi connectivity index (χ2v) is 7.01. The van der Waals surface area contributed by atoms with Gasteiger partial charge >= 0.3 is 0 Å². The van der Waals surface area contributed by atoms with Crippen LogP contribution in [0.25, 0.3) is 10.9 Å². The molecule has 0 saturated carbocycles. The van der Waals surface area contributed by atoms with Crippen LogP contribution in [0.2, 0.25) is 0 Å². The lowest BCUT2D eigenvalue weighted by molar-refractivity contribution is -0.116. The first-order chi connectivity index (χ1) is 15.1. The summed E-state index contributed by atoms with van der Waals surface area (Å²) in [4.78, 5) is 12.5. The molecule has 2 aromatic carbocycles. The average molecular weight is 433 g/mol. The van der Waals surface area contributed by atoms with E-state index in [1.54, 1.807) is 36.6 Å². The van der Waals surface area contributed by atoms with Crippen molar-refractivity contribution >= 4 is 45.5 Å². The summed E-state index contributed by atoms with van der Waals surface area (Å²) in [5.41, 5.74) is 1.58. The highest BCUT2D eigenvalue weighted by Gasteiger charge is 2.18. The summed E-state index contributed by atoms with van der Waals surface area (Å²) in [6, 6.07) is 20.0. The number of para-hydroxylation sites is 2. The van der Waals surface area contributed by atoms with Crippen molar-refractivity contribution in [2.24, 2.45) is 10.2 Å². The molecule has 0 unspecified atom stereocenters. The van der Waals surface area contributed by atoms with Gasteiger partial charge in [-0.05, 0) is 42.5 Å². The maximum Gasteiger partial charge on any atom is 0.244 e. The summed E-state index contributed by atoms with van der Waals surface area (Å²) < 4.78 is 6.72. The minimum absolute atomic E-state index is 0.0854. The first-order valence-electron chi connectivity index (χ1n) is 9.49. The Morgan fingerprint density at radius 3 is 2.61 bits per heavy atom. The fourth-order valence-corrected chi connectivity index (χ4v) is 3.22. The van der Waals surface area contributed by atoms with E-state index in [1.165, 1.54) is 4.57 Å². The molecule has 8 nitrogen and oxygen atoms in total. The molecule has 0 radical (unpaired) electrons. The van der Waals surface area contributed by atoms with Crippen molar-refractivity contribution in [1.82, 2.24) is 9.88 Å². The van der Waals surface area contributed by atoms with Gasteiger partial charge in [-0.3, -0.25) is 4.79 Å². The van der Waals surface area contributed by atoms with E-state index in [-0.39, 0.29) is 29.1 Å². The fraction of sp³-hybridized carbons (Fsp3) is 0.0909. The van der Waals surface area contributed by atoms with Crippen LogP contribution in [0, 0.1) is 0 Å². The van der Waals surface area contributed by atoms with Crippen molar-refractivity contribution in [2.45, 2.75) is 13.1 Å². The Bertz CT molecular complexity index is 1230. The number of amides is 1. The lowest BCUT2D eigenvalue weighted by atomic mass is 10.2. The number of aromatic hydroxyl groups is 1. The zero-order chi connectivity index (χ0) is 21.6. The molecule has 1 amide bonds. The molecule has 0 fully saturated rings. The van der Waals surface area contributed by atoms with Crippen molar-refractivity contribution in [3.05, 3.63) is 78.8 Å². The summed E-state index contributed by atoms with van der Waals surface area (Å²) in [5, 5.41) is 25.4. The third-order valence-corrected chi connectivity index (χ3v) is 4.74. The second kappa shape index (κ2) is 9.23. The normalized spacial score (nSPS) is 11.1. The smallest absolute Gasteiger partial charge is 0.244 e. The minimum atomic E-state index is -0.277. The number of rotatable bonds is 6. The Labute approximate surface area is 183 Å². The molecule has 31 heavy (non-hydrogen) atoms.